The number of aryl methyl sites for hydroxylation is 2. The molecule has 0 saturated carbocycles. The lowest BCUT2D eigenvalue weighted by Gasteiger charge is -2.27. The van der Waals surface area contributed by atoms with Gasteiger partial charge in [0.25, 0.3) is 5.91 Å². The monoisotopic (exact) mass is 476 g/mol. The number of Topliss-reactive ketones (excluding diaryl/α,β-unsaturated/α-hetero) is 1. The number of carbonyl (C=O) groups excluding carboxylic acids is 3. The van der Waals surface area contributed by atoms with Gasteiger partial charge in [-0.1, -0.05) is 37.3 Å². The summed E-state index contributed by atoms with van der Waals surface area (Å²) in [6.07, 6.45) is 0.714. The molecule has 3 aromatic rings. The SMILES string of the molecule is CCCOC(=O)c1ccc(N2C(=O)C(O)=C(C(=O)c3sc(C)nc3C)C2c2ccccc2)cc1. The van der Waals surface area contributed by atoms with Gasteiger partial charge in [-0.15, -0.1) is 11.3 Å². The molecule has 1 amide bonds. The number of aromatic nitrogens is 1. The van der Waals surface area contributed by atoms with Crippen LogP contribution in [0.3, 0.4) is 0 Å². The van der Waals surface area contributed by atoms with E-state index in [4.69, 9.17) is 4.74 Å². The van der Waals surface area contributed by atoms with Gasteiger partial charge >= 0.3 is 5.97 Å². The molecule has 0 bridgehead atoms. The molecule has 0 spiro atoms. The molecular formula is C26H24N2O5S. The second-order valence-electron chi connectivity index (χ2n) is 7.91. The Kier molecular flexibility index (Phi) is 6.61. The highest BCUT2D eigenvalue weighted by Gasteiger charge is 2.45. The molecule has 0 radical (unpaired) electrons. The number of amides is 1. The van der Waals surface area contributed by atoms with Crippen LogP contribution in [0.4, 0.5) is 5.69 Å². The zero-order chi connectivity index (χ0) is 24.4. The van der Waals surface area contributed by atoms with Gasteiger partial charge in [0.2, 0.25) is 5.78 Å². The van der Waals surface area contributed by atoms with E-state index >= 15 is 0 Å². The van der Waals surface area contributed by atoms with Gasteiger partial charge in [-0.05, 0) is 50.1 Å². The summed E-state index contributed by atoms with van der Waals surface area (Å²) in [6, 6.07) is 14.6. The Labute approximate surface area is 201 Å². The highest BCUT2D eigenvalue weighted by atomic mass is 32.1. The van der Waals surface area contributed by atoms with Crippen molar-refractivity contribution in [2.24, 2.45) is 0 Å². The van der Waals surface area contributed by atoms with Crippen LogP contribution < -0.4 is 4.90 Å². The summed E-state index contributed by atoms with van der Waals surface area (Å²) in [5, 5.41) is 11.6. The largest absolute Gasteiger partial charge is 0.503 e. The minimum absolute atomic E-state index is 0.00869. The van der Waals surface area contributed by atoms with Crippen LogP contribution in [0.25, 0.3) is 0 Å². The first kappa shape index (κ1) is 23.4. The van der Waals surface area contributed by atoms with E-state index in [0.717, 1.165) is 5.01 Å². The maximum atomic E-state index is 13.6. The summed E-state index contributed by atoms with van der Waals surface area (Å²) in [6.45, 7) is 5.76. The zero-order valence-corrected chi connectivity index (χ0v) is 19.9. The van der Waals surface area contributed by atoms with E-state index in [9.17, 15) is 19.5 Å². The minimum Gasteiger partial charge on any atom is -0.503 e. The molecule has 1 aromatic heterocycles. The first-order valence-corrected chi connectivity index (χ1v) is 11.7. The molecule has 1 atom stereocenters. The second-order valence-corrected chi connectivity index (χ2v) is 9.11. The van der Waals surface area contributed by atoms with Crippen LogP contribution in [-0.2, 0) is 9.53 Å². The Morgan fingerprint density at radius 3 is 2.35 bits per heavy atom. The van der Waals surface area contributed by atoms with Crippen LogP contribution in [-0.4, -0.2) is 34.4 Å². The third kappa shape index (κ3) is 4.24. The van der Waals surface area contributed by atoms with Crippen LogP contribution in [0.1, 0.15) is 55.7 Å². The molecular weight excluding hydrogens is 452 g/mol. The molecule has 0 aliphatic carbocycles. The molecule has 1 unspecified atom stereocenters. The molecule has 0 fully saturated rings. The summed E-state index contributed by atoms with van der Waals surface area (Å²) < 4.78 is 5.16. The van der Waals surface area contributed by atoms with Crippen molar-refractivity contribution in [1.29, 1.82) is 0 Å². The predicted molar refractivity (Wildman–Crippen MR) is 129 cm³/mol. The van der Waals surface area contributed by atoms with E-state index in [0.29, 0.717) is 40.4 Å². The van der Waals surface area contributed by atoms with Crippen molar-refractivity contribution in [1.82, 2.24) is 4.98 Å². The molecule has 174 valence electrons. The number of thiazole rings is 1. The van der Waals surface area contributed by atoms with E-state index in [1.165, 1.54) is 16.2 Å². The van der Waals surface area contributed by atoms with Crippen LogP contribution in [0.2, 0.25) is 0 Å². The van der Waals surface area contributed by atoms with E-state index in [1.807, 2.05) is 25.1 Å². The van der Waals surface area contributed by atoms with Crippen molar-refractivity contribution in [3.05, 3.63) is 92.6 Å². The third-order valence-corrected chi connectivity index (χ3v) is 6.57. The molecule has 2 heterocycles. The van der Waals surface area contributed by atoms with Crippen molar-refractivity contribution >= 4 is 34.7 Å². The first-order chi connectivity index (χ1) is 16.3. The maximum Gasteiger partial charge on any atom is 0.338 e. The van der Waals surface area contributed by atoms with Crippen molar-refractivity contribution in [3.8, 4) is 0 Å². The standard InChI is InChI=1S/C26H24N2O5S/c1-4-14-33-26(32)18-10-12-19(13-11-18)28-21(17-8-6-5-7-9-17)20(23(30)25(28)31)22(29)24-15(2)27-16(3)34-24/h5-13,21,30H,4,14H2,1-3H3. The Balaban J connectivity index is 1.76. The summed E-state index contributed by atoms with van der Waals surface area (Å²) in [4.78, 5) is 45.1. The summed E-state index contributed by atoms with van der Waals surface area (Å²) >= 11 is 1.23. The molecule has 7 nitrogen and oxygen atoms in total. The quantitative estimate of drug-likeness (QED) is 0.376. The van der Waals surface area contributed by atoms with Gasteiger partial charge in [-0.25, -0.2) is 9.78 Å². The van der Waals surface area contributed by atoms with Crippen LogP contribution in [0.5, 0.6) is 0 Å². The van der Waals surface area contributed by atoms with Crippen molar-refractivity contribution in [3.63, 3.8) is 0 Å². The molecule has 4 rings (SSSR count). The number of ether oxygens (including phenoxy) is 1. The Bertz CT molecular complexity index is 1280. The summed E-state index contributed by atoms with van der Waals surface area (Å²) in [5.74, 6) is -2.15. The minimum atomic E-state index is -0.833. The summed E-state index contributed by atoms with van der Waals surface area (Å²) in [7, 11) is 0. The zero-order valence-electron chi connectivity index (χ0n) is 19.1. The maximum absolute atomic E-state index is 13.6. The van der Waals surface area contributed by atoms with Gasteiger partial charge in [0.1, 0.15) is 0 Å². The number of anilines is 1. The second kappa shape index (κ2) is 9.61. The molecule has 34 heavy (non-hydrogen) atoms. The molecule has 1 aliphatic rings. The average molecular weight is 477 g/mol. The number of nitrogens with zero attached hydrogens (tertiary/aromatic N) is 2. The fourth-order valence-electron chi connectivity index (χ4n) is 3.95. The van der Waals surface area contributed by atoms with Crippen LogP contribution in [0, 0.1) is 13.8 Å². The van der Waals surface area contributed by atoms with E-state index < -0.39 is 29.5 Å². The normalized spacial score (nSPS) is 15.7. The Hall–Kier alpha value is -3.78. The number of benzene rings is 2. The molecule has 0 saturated heterocycles. The number of aliphatic hydroxyl groups is 1. The van der Waals surface area contributed by atoms with Gasteiger partial charge in [-0.2, -0.15) is 0 Å². The average Bonchev–Trinajstić information content (AvgIpc) is 3.32. The lowest BCUT2D eigenvalue weighted by molar-refractivity contribution is -0.117. The van der Waals surface area contributed by atoms with Gasteiger partial charge in [-0.3, -0.25) is 14.5 Å². The van der Waals surface area contributed by atoms with Crippen molar-refractivity contribution in [2.75, 3.05) is 11.5 Å². The van der Waals surface area contributed by atoms with E-state index in [2.05, 4.69) is 4.98 Å². The topological polar surface area (TPSA) is 96.8 Å². The fourth-order valence-corrected chi connectivity index (χ4v) is 4.83. The number of rotatable bonds is 7. The number of aliphatic hydroxyl groups excluding tert-OH is 1. The highest BCUT2D eigenvalue weighted by molar-refractivity contribution is 7.14. The van der Waals surface area contributed by atoms with E-state index in [1.54, 1.807) is 50.2 Å². The molecule has 1 N–H and O–H groups in total. The van der Waals surface area contributed by atoms with Gasteiger partial charge in [0.15, 0.2) is 5.76 Å². The van der Waals surface area contributed by atoms with Crippen molar-refractivity contribution < 1.29 is 24.2 Å². The lowest BCUT2D eigenvalue weighted by Crippen LogP contribution is -2.31. The van der Waals surface area contributed by atoms with Gasteiger partial charge in [0.05, 0.1) is 39.4 Å². The molecule has 1 aliphatic heterocycles. The third-order valence-electron chi connectivity index (χ3n) is 5.50. The number of hydrogen-bond donors (Lipinski definition) is 1. The molecule has 2 aromatic carbocycles. The van der Waals surface area contributed by atoms with Gasteiger partial charge < -0.3 is 9.84 Å². The van der Waals surface area contributed by atoms with Crippen molar-refractivity contribution in [2.45, 2.75) is 33.2 Å². The Morgan fingerprint density at radius 1 is 1.09 bits per heavy atom. The lowest BCUT2D eigenvalue weighted by atomic mass is 9.95. The number of ketones is 1. The van der Waals surface area contributed by atoms with Gasteiger partial charge in [0, 0.05) is 5.69 Å². The fraction of sp³-hybridized carbons (Fsp3) is 0.231. The predicted octanol–water partition coefficient (Wildman–Crippen LogP) is 5.11. The smallest absolute Gasteiger partial charge is 0.338 e. The Morgan fingerprint density at radius 2 is 1.76 bits per heavy atom. The van der Waals surface area contributed by atoms with Crippen LogP contribution >= 0.6 is 11.3 Å². The highest BCUT2D eigenvalue weighted by Crippen LogP contribution is 2.42. The van der Waals surface area contributed by atoms with E-state index in [-0.39, 0.29) is 5.57 Å². The number of esters is 1. The van der Waals surface area contributed by atoms with Crippen LogP contribution in [0.15, 0.2) is 65.9 Å². The molecule has 8 heteroatoms. The first-order valence-electron chi connectivity index (χ1n) is 10.9. The number of hydrogen-bond acceptors (Lipinski definition) is 7. The summed E-state index contributed by atoms with van der Waals surface area (Å²) in [5.41, 5.74) is 2.03. The number of carbonyl (C=O) groups is 3.